The molecule has 20 heavy (non-hydrogen) atoms. The molecular weight excluding hydrogens is 279 g/mol. The quantitative estimate of drug-likeness (QED) is 0.925. The first-order valence-electron chi connectivity index (χ1n) is 6.86. The van der Waals surface area contributed by atoms with Gasteiger partial charge in [-0.2, -0.15) is 0 Å². The van der Waals surface area contributed by atoms with E-state index in [0.717, 1.165) is 37.9 Å². The molecule has 1 fully saturated rings. The van der Waals surface area contributed by atoms with Crippen LogP contribution < -0.4 is 5.32 Å². The zero-order chi connectivity index (χ0) is 13.7. The average Bonchev–Trinajstić information content (AvgIpc) is 2.40. The highest BCUT2D eigenvalue weighted by molar-refractivity contribution is 5.85. The number of piperidine rings is 1. The maximum absolute atomic E-state index is 13.1. The zero-order valence-electron chi connectivity index (χ0n) is 11.8. The predicted molar refractivity (Wildman–Crippen MR) is 80.6 cm³/mol. The lowest BCUT2D eigenvalue weighted by Crippen LogP contribution is -2.42. The zero-order valence-corrected chi connectivity index (χ0v) is 12.6. The van der Waals surface area contributed by atoms with E-state index in [1.807, 2.05) is 11.0 Å². The number of carbonyl (C=O) groups is 1. The maximum atomic E-state index is 13.1. The normalized spacial score (nSPS) is 15.8. The molecule has 0 aromatic heterocycles. The largest absolute Gasteiger partial charge is 0.342 e. The van der Waals surface area contributed by atoms with Gasteiger partial charge < -0.3 is 10.2 Å². The van der Waals surface area contributed by atoms with Gasteiger partial charge in [-0.1, -0.05) is 12.1 Å². The van der Waals surface area contributed by atoms with Crippen molar-refractivity contribution in [1.82, 2.24) is 10.2 Å². The lowest BCUT2D eigenvalue weighted by atomic mass is 9.90. The Morgan fingerprint density at radius 1 is 1.40 bits per heavy atom. The molecule has 112 valence electrons. The number of halogens is 2. The van der Waals surface area contributed by atoms with Crippen molar-refractivity contribution in [3.8, 4) is 0 Å². The number of likely N-dealkylation sites (tertiary alicyclic amines) is 1. The minimum atomic E-state index is -0.167. The highest BCUT2D eigenvalue weighted by Crippen LogP contribution is 2.22. The molecule has 1 amide bonds. The van der Waals surface area contributed by atoms with Gasteiger partial charge in [0.15, 0.2) is 0 Å². The van der Waals surface area contributed by atoms with Gasteiger partial charge in [-0.3, -0.25) is 4.79 Å². The van der Waals surface area contributed by atoms with Crippen LogP contribution in [0.4, 0.5) is 4.39 Å². The number of amides is 1. The summed E-state index contributed by atoms with van der Waals surface area (Å²) in [5.41, 5.74) is 1.06. The highest BCUT2D eigenvalue weighted by atomic mass is 35.5. The van der Waals surface area contributed by atoms with Crippen LogP contribution in [0, 0.1) is 11.7 Å². The molecule has 1 aromatic rings. The van der Waals surface area contributed by atoms with Gasteiger partial charge in [-0.25, -0.2) is 4.39 Å². The average molecular weight is 301 g/mol. The van der Waals surface area contributed by atoms with Gasteiger partial charge in [0.25, 0.3) is 0 Å². The van der Waals surface area contributed by atoms with Gasteiger partial charge >= 0.3 is 0 Å². The Labute approximate surface area is 125 Å². The van der Waals surface area contributed by atoms with Crippen molar-refractivity contribution < 1.29 is 9.18 Å². The predicted octanol–water partition coefficient (Wildman–Crippen LogP) is 2.25. The molecule has 0 radical (unpaired) electrons. The van der Waals surface area contributed by atoms with Crippen LogP contribution in [0.5, 0.6) is 0 Å². The number of nitrogens with one attached hydrogen (secondary N) is 1. The van der Waals surface area contributed by atoms with E-state index in [4.69, 9.17) is 0 Å². The first kappa shape index (κ1) is 16.9. The summed E-state index contributed by atoms with van der Waals surface area (Å²) in [6, 6.07) is 6.82. The second kappa shape index (κ2) is 8.22. The van der Waals surface area contributed by atoms with Gasteiger partial charge in [-0.15, -0.1) is 12.4 Å². The molecule has 0 atom stereocenters. The summed E-state index contributed by atoms with van der Waals surface area (Å²) < 4.78 is 13.1. The molecule has 1 aromatic carbocycles. The molecular formula is C15H22ClFN2O. The van der Waals surface area contributed by atoms with Crippen molar-refractivity contribution in [3.63, 3.8) is 0 Å². The van der Waals surface area contributed by atoms with Crippen LogP contribution in [0.2, 0.25) is 0 Å². The Kier molecular flexibility index (Phi) is 6.96. The van der Waals surface area contributed by atoms with E-state index in [1.54, 1.807) is 19.2 Å². The van der Waals surface area contributed by atoms with Crippen molar-refractivity contribution in [2.75, 3.05) is 26.7 Å². The Morgan fingerprint density at radius 3 is 2.70 bits per heavy atom. The number of nitrogens with zero attached hydrogens (tertiary/aromatic N) is 1. The molecule has 0 spiro atoms. The van der Waals surface area contributed by atoms with Crippen molar-refractivity contribution >= 4 is 18.3 Å². The van der Waals surface area contributed by atoms with Crippen LogP contribution in [0.1, 0.15) is 18.4 Å². The molecule has 1 aliphatic heterocycles. The molecule has 5 heteroatoms. The molecule has 0 aliphatic carbocycles. The fourth-order valence-corrected chi connectivity index (χ4v) is 2.65. The molecule has 3 nitrogen and oxygen atoms in total. The van der Waals surface area contributed by atoms with Crippen molar-refractivity contribution in [3.05, 3.63) is 35.6 Å². The Balaban J connectivity index is 0.00000200. The van der Waals surface area contributed by atoms with Crippen LogP contribution in [0.3, 0.4) is 0 Å². The van der Waals surface area contributed by atoms with Gasteiger partial charge in [0.2, 0.25) is 5.91 Å². The SMILES string of the molecule is CNCC(=O)N1CCC(Cc2cccc(F)c2)CC1.Cl. The summed E-state index contributed by atoms with van der Waals surface area (Å²) in [5.74, 6) is 0.561. The summed E-state index contributed by atoms with van der Waals surface area (Å²) in [6.45, 7) is 2.05. The lowest BCUT2D eigenvalue weighted by Gasteiger charge is -2.32. The van der Waals surface area contributed by atoms with E-state index < -0.39 is 0 Å². The summed E-state index contributed by atoms with van der Waals surface area (Å²) in [7, 11) is 1.79. The smallest absolute Gasteiger partial charge is 0.236 e. The molecule has 0 unspecified atom stereocenters. The monoisotopic (exact) mass is 300 g/mol. The van der Waals surface area contributed by atoms with E-state index in [9.17, 15) is 9.18 Å². The third-order valence-electron chi connectivity index (χ3n) is 3.71. The maximum Gasteiger partial charge on any atom is 0.236 e. The standard InChI is InChI=1S/C15H21FN2O.ClH/c1-17-11-15(19)18-7-5-12(6-8-18)9-13-3-2-4-14(16)10-13;/h2-4,10,12,17H,5-9,11H2,1H3;1H. The molecule has 0 saturated carbocycles. The molecule has 1 N–H and O–H groups in total. The number of hydrogen-bond acceptors (Lipinski definition) is 2. The van der Waals surface area contributed by atoms with Crippen LogP contribution >= 0.6 is 12.4 Å². The second-order valence-corrected chi connectivity index (χ2v) is 5.19. The third-order valence-corrected chi connectivity index (χ3v) is 3.71. The van der Waals surface area contributed by atoms with Crippen LogP contribution in [-0.2, 0) is 11.2 Å². The van der Waals surface area contributed by atoms with Crippen LogP contribution in [-0.4, -0.2) is 37.5 Å². The Morgan fingerprint density at radius 2 is 2.10 bits per heavy atom. The molecule has 1 saturated heterocycles. The molecule has 2 rings (SSSR count). The van der Waals surface area contributed by atoms with Crippen LogP contribution in [0.25, 0.3) is 0 Å². The Bertz CT molecular complexity index is 434. The molecule has 0 bridgehead atoms. The summed E-state index contributed by atoms with van der Waals surface area (Å²) in [6.07, 6.45) is 2.92. The number of benzene rings is 1. The first-order chi connectivity index (χ1) is 9.19. The number of hydrogen-bond donors (Lipinski definition) is 1. The van der Waals surface area contributed by atoms with Crippen molar-refractivity contribution in [2.45, 2.75) is 19.3 Å². The minimum Gasteiger partial charge on any atom is -0.342 e. The fraction of sp³-hybridized carbons (Fsp3) is 0.533. The van der Waals surface area contributed by atoms with Gasteiger partial charge in [0.1, 0.15) is 5.82 Å². The fourth-order valence-electron chi connectivity index (χ4n) is 2.65. The lowest BCUT2D eigenvalue weighted by molar-refractivity contribution is -0.131. The first-order valence-corrected chi connectivity index (χ1v) is 6.86. The van der Waals surface area contributed by atoms with Gasteiger partial charge in [0, 0.05) is 13.1 Å². The number of likely N-dealkylation sites (N-methyl/N-ethyl adjacent to an activating group) is 1. The topological polar surface area (TPSA) is 32.3 Å². The van der Waals surface area contributed by atoms with Crippen molar-refractivity contribution in [2.24, 2.45) is 5.92 Å². The molecule has 1 aliphatic rings. The third kappa shape index (κ3) is 4.76. The summed E-state index contributed by atoms with van der Waals surface area (Å²) >= 11 is 0. The van der Waals surface area contributed by atoms with Crippen molar-refractivity contribution in [1.29, 1.82) is 0 Å². The van der Waals surface area contributed by atoms with Gasteiger partial charge in [-0.05, 0) is 49.9 Å². The van der Waals surface area contributed by atoms with E-state index in [1.165, 1.54) is 6.07 Å². The van der Waals surface area contributed by atoms with Gasteiger partial charge in [0.05, 0.1) is 6.54 Å². The number of carbonyl (C=O) groups excluding carboxylic acids is 1. The van der Waals surface area contributed by atoms with E-state index in [-0.39, 0.29) is 24.1 Å². The van der Waals surface area contributed by atoms with E-state index in [2.05, 4.69) is 5.32 Å². The molecule has 1 heterocycles. The Hall–Kier alpha value is -1.13. The van der Waals surface area contributed by atoms with E-state index in [0.29, 0.717) is 12.5 Å². The minimum absolute atomic E-state index is 0. The summed E-state index contributed by atoms with van der Waals surface area (Å²) in [5, 5.41) is 2.89. The number of rotatable bonds is 4. The van der Waals surface area contributed by atoms with E-state index >= 15 is 0 Å². The summed E-state index contributed by atoms with van der Waals surface area (Å²) in [4.78, 5) is 13.6. The highest BCUT2D eigenvalue weighted by Gasteiger charge is 2.22. The second-order valence-electron chi connectivity index (χ2n) is 5.19. The van der Waals surface area contributed by atoms with Crippen LogP contribution in [0.15, 0.2) is 24.3 Å².